The van der Waals surface area contributed by atoms with Gasteiger partial charge in [-0.3, -0.25) is 0 Å². The molecule has 5 heteroatoms. The van der Waals surface area contributed by atoms with E-state index in [1.165, 1.54) is 6.07 Å². The van der Waals surface area contributed by atoms with Crippen molar-refractivity contribution in [2.45, 2.75) is 26.4 Å². The van der Waals surface area contributed by atoms with Crippen LogP contribution in [0.5, 0.6) is 5.75 Å². The zero-order chi connectivity index (χ0) is 18.4. The number of fused-ring (bicyclic) bond motifs is 1. The highest BCUT2D eigenvalue weighted by molar-refractivity contribution is 5.81. The second-order valence-electron chi connectivity index (χ2n) is 5.93. The molecule has 0 saturated carbocycles. The van der Waals surface area contributed by atoms with Crippen molar-refractivity contribution in [3.63, 3.8) is 0 Å². The van der Waals surface area contributed by atoms with Crippen LogP contribution >= 0.6 is 0 Å². The van der Waals surface area contributed by atoms with Gasteiger partial charge in [0.2, 0.25) is 0 Å². The zero-order valence-electron chi connectivity index (χ0n) is 14.6. The molecule has 2 aromatic carbocycles. The van der Waals surface area contributed by atoms with Crippen LogP contribution in [-0.4, -0.2) is 12.6 Å². The van der Waals surface area contributed by atoms with Crippen LogP contribution in [0.3, 0.4) is 0 Å². The molecule has 0 amide bonds. The molecule has 0 atom stereocenters. The largest absolute Gasteiger partial charge is 0.482 e. The monoisotopic (exact) mass is 352 g/mol. The Morgan fingerprint density at radius 3 is 2.65 bits per heavy atom. The molecule has 0 aliphatic rings. The molecule has 0 N–H and O–H groups in total. The topological polar surface area (TPSA) is 65.7 Å². The van der Waals surface area contributed by atoms with Gasteiger partial charge in [-0.25, -0.2) is 9.59 Å². The normalized spacial score (nSPS) is 10.7. The number of benzene rings is 2. The fourth-order valence-electron chi connectivity index (χ4n) is 2.70. The van der Waals surface area contributed by atoms with Crippen molar-refractivity contribution < 1.29 is 18.7 Å². The van der Waals surface area contributed by atoms with E-state index in [-0.39, 0.29) is 18.8 Å². The highest BCUT2D eigenvalue weighted by Gasteiger charge is 2.09. The molecule has 1 heterocycles. The predicted octanol–water partition coefficient (Wildman–Crippen LogP) is 3.87. The number of hydrogen-bond donors (Lipinski definition) is 0. The van der Waals surface area contributed by atoms with Gasteiger partial charge in [0.05, 0.1) is 0 Å². The Morgan fingerprint density at radius 2 is 1.88 bits per heavy atom. The van der Waals surface area contributed by atoms with Crippen LogP contribution in [0.1, 0.15) is 24.5 Å². The Morgan fingerprint density at radius 1 is 1.08 bits per heavy atom. The van der Waals surface area contributed by atoms with E-state index in [4.69, 9.17) is 13.9 Å². The summed E-state index contributed by atoms with van der Waals surface area (Å²) in [5.41, 5.74) is 1.93. The molecule has 0 saturated heterocycles. The first-order valence-corrected chi connectivity index (χ1v) is 8.55. The van der Waals surface area contributed by atoms with Crippen LogP contribution in [0.25, 0.3) is 11.0 Å². The quantitative estimate of drug-likeness (QED) is 0.477. The molecular weight excluding hydrogens is 332 g/mol. The summed E-state index contributed by atoms with van der Waals surface area (Å²) in [7, 11) is 0. The molecule has 26 heavy (non-hydrogen) atoms. The van der Waals surface area contributed by atoms with Crippen molar-refractivity contribution in [2.75, 3.05) is 6.61 Å². The molecule has 0 aliphatic carbocycles. The van der Waals surface area contributed by atoms with Crippen molar-refractivity contribution in [2.24, 2.45) is 0 Å². The van der Waals surface area contributed by atoms with E-state index < -0.39 is 5.97 Å². The summed E-state index contributed by atoms with van der Waals surface area (Å²) in [4.78, 5) is 23.5. The highest BCUT2D eigenvalue weighted by atomic mass is 16.6. The van der Waals surface area contributed by atoms with Crippen LogP contribution in [0.2, 0.25) is 0 Å². The van der Waals surface area contributed by atoms with Crippen LogP contribution in [0.4, 0.5) is 0 Å². The average molecular weight is 352 g/mol. The van der Waals surface area contributed by atoms with Crippen LogP contribution in [0.15, 0.2) is 63.8 Å². The van der Waals surface area contributed by atoms with Gasteiger partial charge in [-0.05, 0) is 29.7 Å². The lowest BCUT2D eigenvalue weighted by molar-refractivity contribution is -0.147. The summed E-state index contributed by atoms with van der Waals surface area (Å²) in [6.07, 6.45) is 1.73. The molecule has 0 spiro atoms. The van der Waals surface area contributed by atoms with Gasteiger partial charge in [0.1, 0.15) is 17.9 Å². The Hall–Kier alpha value is -3.08. The minimum Gasteiger partial charge on any atom is -0.482 e. The number of ether oxygens (including phenoxy) is 2. The third kappa shape index (κ3) is 4.51. The molecule has 0 bridgehead atoms. The van der Waals surface area contributed by atoms with E-state index in [1.807, 2.05) is 36.4 Å². The molecule has 5 nitrogen and oxygen atoms in total. The SMILES string of the molecule is CCCc1cc(=O)oc2cc(OCC(=O)OCc3ccccc3)ccc12. The van der Waals surface area contributed by atoms with E-state index in [2.05, 4.69) is 6.92 Å². The number of rotatable bonds is 7. The molecule has 0 fully saturated rings. The summed E-state index contributed by atoms with van der Waals surface area (Å²) >= 11 is 0. The van der Waals surface area contributed by atoms with Gasteiger partial charge in [-0.15, -0.1) is 0 Å². The van der Waals surface area contributed by atoms with Gasteiger partial charge in [0.15, 0.2) is 6.61 Å². The Balaban J connectivity index is 1.63. The maximum Gasteiger partial charge on any atom is 0.344 e. The van der Waals surface area contributed by atoms with E-state index in [0.29, 0.717) is 11.3 Å². The van der Waals surface area contributed by atoms with Crippen molar-refractivity contribution in [3.05, 3.63) is 76.1 Å². The van der Waals surface area contributed by atoms with Gasteiger partial charge in [0, 0.05) is 17.5 Å². The minimum atomic E-state index is -0.463. The molecule has 134 valence electrons. The van der Waals surface area contributed by atoms with Crippen LogP contribution in [-0.2, 0) is 22.6 Å². The Bertz CT molecular complexity index is 944. The van der Waals surface area contributed by atoms with Crippen LogP contribution in [0, 0.1) is 0 Å². The van der Waals surface area contributed by atoms with Gasteiger partial charge in [0.25, 0.3) is 0 Å². The smallest absolute Gasteiger partial charge is 0.344 e. The number of hydrogen-bond acceptors (Lipinski definition) is 5. The van der Waals surface area contributed by atoms with E-state index >= 15 is 0 Å². The van der Waals surface area contributed by atoms with Crippen LogP contribution < -0.4 is 10.4 Å². The maximum absolute atomic E-state index is 11.8. The van der Waals surface area contributed by atoms with Gasteiger partial charge in [-0.1, -0.05) is 43.7 Å². The Labute approximate surface area is 151 Å². The lowest BCUT2D eigenvalue weighted by Gasteiger charge is -2.09. The summed E-state index contributed by atoms with van der Waals surface area (Å²) in [5, 5.41) is 0.880. The first kappa shape index (κ1) is 17.7. The molecule has 3 aromatic rings. The van der Waals surface area contributed by atoms with E-state index in [0.717, 1.165) is 29.4 Å². The molecule has 0 aliphatic heterocycles. The van der Waals surface area contributed by atoms with E-state index in [9.17, 15) is 9.59 Å². The average Bonchev–Trinajstić information content (AvgIpc) is 2.65. The van der Waals surface area contributed by atoms with E-state index in [1.54, 1.807) is 12.1 Å². The number of carbonyl (C=O) groups excluding carboxylic acids is 1. The Kier molecular flexibility index (Phi) is 5.69. The third-order valence-electron chi connectivity index (χ3n) is 3.92. The summed E-state index contributed by atoms with van der Waals surface area (Å²) in [5.74, 6) is -0.0129. The fraction of sp³-hybridized carbons (Fsp3) is 0.238. The van der Waals surface area contributed by atoms with Crippen molar-refractivity contribution in [3.8, 4) is 5.75 Å². The summed E-state index contributed by atoms with van der Waals surface area (Å²) in [6, 6.07) is 16.2. The number of carbonyl (C=O) groups is 1. The lowest BCUT2D eigenvalue weighted by Crippen LogP contribution is -2.14. The third-order valence-corrected chi connectivity index (χ3v) is 3.92. The zero-order valence-corrected chi connectivity index (χ0v) is 14.6. The second kappa shape index (κ2) is 8.34. The fourth-order valence-corrected chi connectivity index (χ4v) is 2.70. The maximum atomic E-state index is 11.8. The summed E-state index contributed by atoms with van der Waals surface area (Å²) < 4.78 is 15.9. The number of aryl methyl sites for hydroxylation is 1. The van der Waals surface area contributed by atoms with Gasteiger partial charge in [-0.2, -0.15) is 0 Å². The lowest BCUT2D eigenvalue weighted by atomic mass is 10.1. The molecule has 0 unspecified atom stereocenters. The minimum absolute atomic E-state index is 0.204. The molecular formula is C21H20O5. The molecule has 3 rings (SSSR count). The highest BCUT2D eigenvalue weighted by Crippen LogP contribution is 2.23. The summed E-state index contributed by atoms with van der Waals surface area (Å²) in [6.45, 7) is 2.05. The molecule has 0 radical (unpaired) electrons. The van der Waals surface area contributed by atoms with Gasteiger partial charge >= 0.3 is 11.6 Å². The van der Waals surface area contributed by atoms with Crippen molar-refractivity contribution in [1.29, 1.82) is 0 Å². The number of esters is 1. The van der Waals surface area contributed by atoms with Gasteiger partial charge < -0.3 is 13.9 Å². The second-order valence-corrected chi connectivity index (χ2v) is 5.93. The first-order chi connectivity index (χ1) is 12.7. The standard InChI is InChI=1S/C21H20O5/c1-2-6-16-11-20(22)26-19-12-17(9-10-18(16)19)24-14-21(23)25-13-15-7-4-3-5-8-15/h3-5,7-12H,2,6,13-14H2,1H3. The van der Waals surface area contributed by atoms with Crippen molar-refractivity contribution in [1.82, 2.24) is 0 Å². The molecule has 1 aromatic heterocycles. The predicted molar refractivity (Wildman–Crippen MR) is 98.2 cm³/mol. The first-order valence-electron chi connectivity index (χ1n) is 8.55. The van der Waals surface area contributed by atoms with Crippen molar-refractivity contribution >= 4 is 16.9 Å².